The third-order valence-corrected chi connectivity index (χ3v) is 2.79. The summed E-state index contributed by atoms with van der Waals surface area (Å²) in [6.45, 7) is 0. The summed E-state index contributed by atoms with van der Waals surface area (Å²) >= 11 is 1.63. The van der Waals surface area contributed by atoms with Gasteiger partial charge in [0, 0.05) is 31.2 Å². The summed E-state index contributed by atoms with van der Waals surface area (Å²) in [4.78, 5) is 4.19. The van der Waals surface area contributed by atoms with Crippen molar-refractivity contribution in [2.24, 2.45) is 12.8 Å². The van der Waals surface area contributed by atoms with E-state index in [4.69, 9.17) is 5.73 Å². The summed E-state index contributed by atoms with van der Waals surface area (Å²) in [7, 11) is 1.89. The smallest absolute Gasteiger partial charge is 0.0944 e. The van der Waals surface area contributed by atoms with E-state index >= 15 is 0 Å². The fourth-order valence-electron chi connectivity index (χ4n) is 1.28. The van der Waals surface area contributed by atoms with Gasteiger partial charge in [-0.15, -0.1) is 11.3 Å². The fraction of sp³-hybridized carbons (Fsp3) is 0.333. The Hall–Kier alpha value is -1.20. The lowest BCUT2D eigenvalue weighted by Crippen LogP contribution is -2.14. The van der Waals surface area contributed by atoms with Crippen LogP contribution in [0.1, 0.15) is 16.7 Å². The number of rotatable bonds is 3. The summed E-state index contributed by atoms with van der Waals surface area (Å²) in [5.74, 6) is 0. The molecule has 0 saturated carbocycles. The highest BCUT2D eigenvalue weighted by atomic mass is 32.1. The van der Waals surface area contributed by atoms with Gasteiger partial charge in [0.15, 0.2) is 0 Å². The third kappa shape index (κ3) is 2.00. The van der Waals surface area contributed by atoms with Crippen LogP contribution >= 0.6 is 11.3 Å². The Morgan fingerprint density at radius 2 is 2.50 bits per heavy atom. The molecule has 14 heavy (non-hydrogen) atoms. The zero-order chi connectivity index (χ0) is 9.97. The average molecular weight is 208 g/mol. The first-order chi connectivity index (χ1) is 6.75. The Morgan fingerprint density at radius 3 is 3.07 bits per heavy atom. The standard InChI is InChI=1S/C9H12N4S/c1-13-4-2-8(12-13)7(10)6-9-11-3-5-14-9/h2-5,7H,6,10H2,1H3. The lowest BCUT2D eigenvalue weighted by molar-refractivity contribution is 0.655. The van der Waals surface area contributed by atoms with E-state index in [-0.39, 0.29) is 6.04 Å². The second-order valence-electron chi connectivity index (χ2n) is 3.15. The summed E-state index contributed by atoms with van der Waals surface area (Å²) in [6, 6.07) is 1.89. The van der Waals surface area contributed by atoms with Crippen molar-refractivity contribution in [1.82, 2.24) is 14.8 Å². The number of thiazole rings is 1. The first-order valence-corrected chi connectivity index (χ1v) is 5.27. The molecule has 0 aliphatic heterocycles. The normalized spacial score (nSPS) is 13.0. The summed E-state index contributed by atoms with van der Waals surface area (Å²) in [5.41, 5.74) is 6.91. The van der Waals surface area contributed by atoms with Gasteiger partial charge in [0.2, 0.25) is 0 Å². The van der Waals surface area contributed by atoms with Crippen LogP contribution in [0.2, 0.25) is 0 Å². The summed E-state index contributed by atoms with van der Waals surface area (Å²) in [5, 5.41) is 7.28. The maximum atomic E-state index is 5.99. The third-order valence-electron chi connectivity index (χ3n) is 1.99. The average Bonchev–Trinajstić information content (AvgIpc) is 2.75. The number of hydrogen-bond donors (Lipinski definition) is 1. The van der Waals surface area contributed by atoms with E-state index in [1.807, 2.05) is 24.7 Å². The second-order valence-corrected chi connectivity index (χ2v) is 4.13. The number of nitrogens with zero attached hydrogens (tertiary/aromatic N) is 3. The van der Waals surface area contributed by atoms with Crippen LogP contribution in [-0.4, -0.2) is 14.8 Å². The van der Waals surface area contributed by atoms with Crippen LogP contribution in [0.25, 0.3) is 0 Å². The van der Waals surface area contributed by atoms with Crippen LogP contribution in [0.5, 0.6) is 0 Å². The van der Waals surface area contributed by atoms with Crippen molar-refractivity contribution >= 4 is 11.3 Å². The van der Waals surface area contributed by atoms with Crippen molar-refractivity contribution < 1.29 is 0 Å². The molecule has 1 unspecified atom stereocenters. The molecule has 1 atom stereocenters. The second kappa shape index (κ2) is 3.89. The Morgan fingerprint density at radius 1 is 1.64 bits per heavy atom. The molecule has 0 aliphatic carbocycles. The van der Waals surface area contributed by atoms with Crippen molar-refractivity contribution in [2.45, 2.75) is 12.5 Å². The Bertz CT molecular complexity index is 393. The largest absolute Gasteiger partial charge is 0.322 e. The number of aromatic nitrogens is 3. The highest BCUT2D eigenvalue weighted by Gasteiger charge is 2.10. The molecule has 4 nitrogen and oxygen atoms in total. The topological polar surface area (TPSA) is 56.7 Å². The minimum Gasteiger partial charge on any atom is -0.322 e. The molecule has 0 aromatic carbocycles. The van der Waals surface area contributed by atoms with Gasteiger partial charge in [0.05, 0.1) is 16.7 Å². The van der Waals surface area contributed by atoms with E-state index in [9.17, 15) is 0 Å². The van der Waals surface area contributed by atoms with Crippen LogP contribution in [-0.2, 0) is 13.5 Å². The van der Waals surface area contributed by atoms with Crippen LogP contribution in [0.15, 0.2) is 23.8 Å². The molecule has 0 aliphatic rings. The number of hydrogen-bond acceptors (Lipinski definition) is 4. The Kier molecular flexibility index (Phi) is 2.60. The van der Waals surface area contributed by atoms with Crippen LogP contribution in [0, 0.1) is 0 Å². The quantitative estimate of drug-likeness (QED) is 0.822. The van der Waals surface area contributed by atoms with Gasteiger partial charge in [-0.2, -0.15) is 5.10 Å². The van der Waals surface area contributed by atoms with Gasteiger partial charge in [-0.3, -0.25) is 4.68 Å². The molecule has 0 spiro atoms. The van der Waals surface area contributed by atoms with Gasteiger partial charge in [-0.1, -0.05) is 0 Å². The first kappa shape index (κ1) is 9.36. The number of nitrogens with two attached hydrogens (primary N) is 1. The van der Waals surface area contributed by atoms with Crippen molar-refractivity contribution in [1.29, 1.82) is 0 Å². The maximum absolute atomic E-state index is 5.99. The summed E-state index contributed by atoms with van der Waals surface area (Å²) in [6.07, 6.45) is 4.46. The molecule has 0 bridgehead atoms. The van der Waals surface area contributed by atoms with Gasteiger partial charge >= 0.3 is 0 Å². The molecule has 2 aromatic rings. The van der Waals surface area contributed by atoms with Crippen molar-refractivity contribution in [2.75, 3.05) is 0 Å². The van der Waals surface area contributed by atoms with Gasteiger partial charge < -0.3 is 5.73 Å². The van der Waals surface area contributed by atoms with Crippen LogP contribution in [0.4, 0.5) is 0 Å². The first-order valence-electron chi connectivity index (χ1n) is 4.39. The molecule has 74 valence electrons. The molecule has 0 amide bonds. The molecular weight excluding hydrogens is 196 g/mol. The molecule has 2 heterocycles. The van der Waals surface area contributed by atoms with Gasteiger partial charge in [0.25, 0.3) is 0 Å². The van der Waals surface area contributed by atoms with Crippen LogP contribution in [0.3, 0.4) is 0 Å². The molecule has 2 aromatic heterocycles. The zero-order valence-electron chi connectivity index (χ0n) is 7.92. The molecule has 2 rings (SSSR count). The maximum Gasteiger partial charge on any atom is 0.0944 e. The van der Waals surface area contributed by atoms with Crippen molar-refractivity contribution in [3.8, 4) is 0 Å². The van der Waals surface area contributed by atoms with Crippen molar-refractivity contribution in [3.63, 3.8) is 0 Å². The van der Waals surface area contributed by atoms with Gasteiger partial charge in [0.1, 0.15) is 0 Å². The molecule has 0 radical (unpaired) electrons. The number of aryl methyl sites for hydroxylation is 1. The van der Waals surface area contributed by atoms with Gasteiger partial charge in [-0.25, -0.2) is 4.98 Å². The van der Waals surface area contributed by atoms with E-state index in [0.717, 1.165) is 17.1 Å². The molecule has 0 saturated heterocycles. The molecular formula is C9H12N4S. The zero-order valence-corrected chi connectivity index (χ0v) is 8.74. The van der Waals surface area contributed by atoms with Gasteiger partial charge in [-0.05, 0) is 6.07 Å². The Balaban J connectivity index is 2.06. The van der Waals surface area contributed by atoms with E-state index in [1.165, 1.54) is 0 Å². The predicted molar refractivity (Wildman–Crippen MR) is 56.0 cm³/mol. The minimum absolute atomic E-state index is 0.0534. The van der Waals surface area contributed by atoms with E-state index < -0.39 is 0 Å². The lowest BCUT2D eigenvalue weighted by atomic mass is 10.2. The molecule has 5 heteroatoms. The SMILES string of the molecule is Cn1ccc(C(N)Cc2nccs2)n1. The van der Waals surface area contributed by atoms with Crippen molar-refractivity contribution in [3.05, 3.63) is 34.5 Å². The van der Waals surface area contributed by atoms with E-state index in [1.54, 1.807) is 22.2 Å². The Labute approximate surface area is 86.4 Å². The predicted octanol–water partition coefficient (Wildman–Crippen LogP) is 1.12. The molecule has 2 N–H and O–H groups in total. The summed E-state index contributed by atoms with van der Waals surface area (Å²) < 4.78 is 1.76. The van der Waals surface area contributed by atoms with Crippen LogP contribution < -0.4 is 5.73 Å². The molecule has 0 fully saturated rings. The highest BCUT2D eigenvalue weighted by Crippen LogP contribution is 2.15. The van der Waals surface area contributed by atoms with E-state index in [0.29, 0.717) is 0 Å². The minimum atomic E-state index is -0.0534. The highest BCUT2D eigenvalue weighted by molar-refractivity contribution is 7.09. The fourth-order valence-corrected chi connectivity index (χ4v) is 1.95. The lowest BCUT2D eigenvalue weighted by Gasteiger charge is -2.05. The monoisotopic (exact) mass is 208 g/mol. The van der Waals surface area contributed by atoms with E-state index in [2.05, 4.69) is 10.1 Å².